The van der Waals surface area contributed by atoms with Gasteiger partial charge in [-0.15, -0.1) is 0 Å². The van der Waals surface area contributed by atoms with Gasteiger partial charge in [-0.3, -0.25) is 4.99 Å². The van der Waals surface area contributed by atoms with Crippen LogP contribution in [0.2, 0.25) is 0 Å². The predicted molar refractivity (Wildman–Crippen MR) is 58.9 cm³/mol. The Labute approximate surface area is 85.1 Å². The molecule has 0 radical (unpaired) electrons. The summed E-state index contributed by atoms with van der Waals surface area (Å²) in [5, 5.41) is 0. The maximum absolute atomic E-state index is 5.22. The molecule has 0 aromatic heterocycles. The Morgan fingerprint density at radius 3 is 2.57 bits per heavy atom. The quantitative estimate of drug-likeness (QED) is 0.627. The molecule has 14 heavy (non-hydrogen) atoms. The van der Waals surface area contributed by atoms with Gasteiger partial charge in [-0.25, -0.2) is 0 Å². The number of rotatable bonds is 2. The first-order valence-electron chi connectivity index (χ1n) is 4.46. The van der Waals surface area contributed by atoms with Crippen LogP contribution in [-0.4, -0.2) is 24.8 Å². The summed E-state index contributed by atoms with van der Waals surface area (Å²) in [5.74, 6) is 0.846. The molecule has 1 rings (SSSR count). The summed E-state index contributed by atoms with van der Waals surface area (Å²) in [6.07, 6.45) is 3.90. The minimum atomic E-state index is 0.846. The van der Waals surface area contributed by atoms with Gasteiger partial charge in [0.15, 0.2) is 0 Å². The standard InChI is InChI=1S/C11H16N2O/c1-8(2)13-7-6-10(12-4)11(13)9(3)14-5/h6-7H,1H2,2-5H3/b11-9-,12-10?. The van der Waals surface area contributed by atoms with Gasteiger partial charge in [0.05, 0.1) is 12.8 Å². The minimum absolute atomic E-state index is 0.846. The monoisotopic (exact) mass is 192 g/mol. The average Bonchev–Trinajstić information content (AvgIpc) is 2.59. The molecule has 0 saturated heterocycles. The van der Waals surface area contributed by atoms with E-state index in [1.807, 2.05) is 31.0 Å². The molecule has 1 heterocycles. The van der Waals surface area contributed by atoms with E-state index >= 15 is 0 Å². The number of allylic oxidation sites excluding steroid dienone is 3. The number of hydrogen-bond donors (Lipinski definition) is 0. The van der Waals surface area contributed by atoms with E-state index in [1.165, 1.54) is 0 Å². The first kappa shape index (κ1) is 10.6. The molecule has 0 fully saturated rings. The van der Waals surface area contributed by atoms with Crippen molar-refractivity contribution in [1.82, 2.24) is 4.90 Å². The Morgan fingerprint density at radius 1 is 1.50 bits per heavy atom. The van der Waals surface area contributed by atoms with Crippen LogP contribution in [-0.2, 0) is 4.74 Å². The van der Waals surface area contributed by atoms with Gasteiger partial charge < -0.3 is 9.64 Å². The fraction of sp³-hybridized carbons (Fsp3) is 0.364. The van der Waals surface area contributed by atoms with Crippen LogP contribution in [0.25, 0.3) is 0 Å². The van der Waals surface area contributed by atoms with Gasteiger partial charge in [0.1, 0.15) is 11.5 Å². The summed E-state index contributed by atoms with van der Waals surface area (Å²) in [4.78, 5) is 6.15. The Balaban J connectivity index is 3.16. The lowest BCUT2D eigenvalue weighted by atomic mass is 10.2. The maximum Gasteiger partial charge on any atom is 0.119 e. The topological polar surface area (TPSA) is 24.8 Å². The molecular weight excluding hydrogens is 176 g/mol. The second kappa shape index (κ2) is 4.13. The van der Waals surface area contributed by atoms with Crippen LogP contribution in [0.4, 0.5) is 0 Å². The molecule has 0 spiro atoms. The van der Waals surface area contributed by atoms with E-state index in [4.69, 9.17) is 4.74 Å². The molecular formula is C11H16N2O. The molecule has 0 atom stereocenters. The molecule has 0 N–H and O–H groups in total. The van der Waals surface area contributed by atoms with Crippen LogP contribution >= 0.6 is 0 Å². The minimum Gasteiger partial charge on any atom is -0.499 e. The highest BCUT2D eigenvalue weighted by Crippen LogP contribution is 2.24. The summed E-state index contributed by atoms with van der Waals surface area (Å²) in [6, 6.07) is 0. The molecule has 0 saturated carbocycles. The van der Waals surface area contributed by atoms with Crippen molar-refractivity contribution in [2.75, 3.05) is 14.2 Å². The Bertz CT molecular complexity index is 337. The lowest BCUT2D eigenvalue weighted by Gasteiger charge is -2.19. The second-order valence-corrected chi connectivity index (χ2v) is 3.14. The van der Waals surface area contributed by atoms with Crippen LogP contribution in [0.15, 0.2) is 41.0 Å². The Morgan fingerprint density at radius 2 is 2.14 bits per heavy atom. The Hall–Kier alpha value is -1.51. The smallest absolute Gasteiger partial charge is 0.119 e. The van der Waals surface area contributed by atoms with Crippen LogP contribution < -0.4 is 0 Å². The van der Waals surface area contributed by atoms with Crippen LogP contribution in [0.3, 0.4) is 0 Å². The van der Waals surface area contributed by atoms with Crippen molar-refractivity contribution in [3.63, 3.8) is 0 Å². The zero-order valence-electron chi connectivity index (χ0n) is 9.16. The van der Waals surface area contributed by atoms with Crippen LogP contribution in [0.1, 0.15) is 13.8 Å². The second-order valence-electron chi connectivity index (χ2n) is 3.14. The van der Waals surface area contributed by atoms with E-state index in [9.17, 15) is 0 Å². The third-order valence-corrected chi connectivity index (χ3v) is 2.16. The van der Waals surface area contributed by atoms with E-state index in [0.29, 0.717) is 0 Å². The lowest BCUT2D eigenvalue weighted by molar-refractivity contribution is 0.283. The van der Waals surface area contributed by atoms with Crippen LogP contribution in [0.5, 0.6) is 0 Å². The van der Waals surface area contributed by atoms with Crippen molar-refractivity contribution in [2.24, 2.45) is 4.99 Å². The van der Waals surface area contributed by atoms with Crippen molar-refractivity contribution in [3.05, 3.63) is 36.0 Å². The molecule has 0 unspecified atom stereocenters. The number of ether oxygens (including phenoxy) is 1. The third-order valence-electron chi connectivity index (χ3n) is 2.16. The lowest BCUT2D eigenvalue weighted by Crippen LogP contribution is -2.16. The molecule has 0 aromatic rings. The van der Waals surface area contributed by atoms with Crippen molar-refractivity contribution < 1.29 is 4.74 Å². The molecule has 0 amide bonds. The summed E-state index contributed by atoms with van der Waals surface area (Å²) < 4.78 is 5.22. The molecule has 3 nitrogen and oxygen atoms in total. The molecule has 1 aliphatic heterocycles. The first-order chi connectivity index (χ1) is 6.61. The van der Waals surface area contributed by atoms with E-state index < -0.39 is 0 Å². The van der Waals surface area contributed by atoms with Gasteiger partial charge in [0.25, 0.3) is 0 Å². The van der Waals surface area contributed by atoms with Crippen molar-refractivity contribution in [2.45, 2.75) is 13.8 Å². The maximum atomic E-state index is 5.22. The summed E-state index contributed by atoms with van der Waals surface area (Å²) in [7, 11) is 3.43. The predicted octanol–water partition coefficient (Wildman–Crippen LogP) is 2.30. The highest BCUT2D eigenvalue weighted by Gasteiger charge is 2.21. The van der Waals surface area contributed by atoms with Gasteiger partial charge in [-0.2, -0.15) is 0 Å². The summed E-state index contributed by atoms with van der Waals surface area (Å²) >= 11 is 0. The number of hydrogen-bond acceptors (Lipinski definition) is 3. The largest absolute Gasteiger partial charge is 0.499 e. The number of methoxy groups -OCH3 is 1. The van der Waals surface area contributed by atoms with E-state index in [0.717, 1.165) is 22.9 Å². The molecule has 0 bridgehead atoms. The van der Waals surface area contributed by atoms with E-state index in [-0.39, 0.29) is 0 Å². The fourth-order valence-electron chi connectivity index (χ4n) is 1.37. The van der Waals surface area contributed by atoms with Gasteiger partial charge >= 0.3 is 0 Å². The van der Waals surface area contributed by atoms with Crippen LogP contribution in [0, 0.1) is 0 Å². The van der Waals surface area contributed by atoms with Crippen molar-refractivity contribution >= 4 is 5.71 Å². The molecule has 0 aromatic carbocycles. The number of aliphatic imine (C=N–C) groups is 1. The fourth-order valence-corrected chi connectivity index (χ4v) is 1.37. The van der Waals surface area contributed by atoms with Crippen molar-refractivity contribution in [1.29, 1.82) is 0 Å². The number of nitrogens with zero attached hydrogens (tertiary/aromatic N) is 2. The zero-order chi connectivity index (χ0) is 10.7. The van der Waals surface area contributed by atoms with Crippen molar-refractivity contribution in [3.8, 4) is 0 Å². The summed E-state index contributed by atoms with van der Waals surface area (Å²) in [5.41, 5.74) is 2.85. The highest BCUT2D eigenvalue weighted by molar-refractivity contribution is 6.10. The van der Waals surface area contributed by atoms with E-state index in [1.54, 1.807) is 14.2 Å². The highest BCUT2D eigenvalue weighted by atomic mass is 16.5. The third kappa shape index (κ3) is 1.71. The zero-order valence-corrected chi connectivity index (χ0v) is 9.16. The molecule has 1 aliphatic rings. The SMILES string of the molecule is C=C(C)N1C=CC(=NC)/C1=C(\C)OC. The van der Waals surface area contributed by atoms with Gasteiger partial charge in [-0.05, 0) is 19.9 Å². The molecule has 76 valence electrons. The Kier molecular flexibility index (Phi) is 3.12. The molecule has 0 aliphatic carbocycles. The molecule has 3 heteroatoms. The normalized spacial score (nSPS) is 21.7. The van der Waals surface area contributed by atoms with Gasteiger partial charge in [-0.1, -0.05) is 6.58 Å². The van der Waals surface area contributed by atoms with E-state index in [2.05, 4.69) is 11.6 Å². The average molecular weight is 192 g/mol. The van der Waals surface area contributed by atoms with Gasteiger partial charge in [0, 0.05) is 18.9 Å². The van der Waals surface area contributed by atoms with Gasteiger partial charge in [0.2, 0.25) is 0 Å². The summed E-state index contributed by atoms with van der Waals surface area (Å²) in [6.45, 7) is 7.77. The first-order valence-corrected chi connectivity index (χ1v) is 4.46.